The minimum absolute atomic E-state index is 0.0767. The Hall–Kier alpha value is -3.30. The Labute approximate surface area is 184 Å². The molecule has 1 amide bonds. The number of nitrogens with zero attached hydrogens (tertiary/aromatic N) is 2. The van der Waals surface area contributed by atoms with Crippen LogP contribution in [0.3, 0.4) is 0 Å². The molecule has 0 saturated heterocycles. The third-order valence-electron chi connectivity index (χ3n) is 4.67. The van der Waals surface area contributed by atoms with E-state index in [0.717, 1.165) is 21.3 Å². The van der Waals surface area contributed by atoms with Crippen LogP contribution in [0.4, 0.5) is 10.8 Å². The molecule has 0 spiro atoms. The number of amides is 1. The zero-order valence-corrected chi connectivity index (χ0v) is 18.3. The van der Waals surface area contributed by atoms with Crippen LogP contribution in [0.25, 0.3) is 10.8 Å². The molecule has 1 aromatic heterocycles. The van der Waals surface area contributed by atoms with Gasteiger partial charge >= 0.3 is 0 Å². The molecule has 0 fully saturated rings. The summed E-state index contributed by atoms with van der Waals surface area (Å²) in [5.41, 5.74) is 1.45. The molecule has 0 aliphatic heterocycles. The highest BCUT2D eigenvalue weighted by atomic mass is 32.2. The summed E-state index contributed by atoms with van der Waals surface area (Å²) in [6.45, 7) is 1.92. The highest BCUT2D eigenvalue weighted by Gasteiger charge is 2.17. The average Bonchev–Trinajstić information content (AvgIpc) is 3.21. The number of hydrogen-bond donors (Lipinski definition) is 2. The SMILES string of the molecule is CCc1nnc(NS(=O)(=O)c2ccc(NC(=O)Cc3cccc4ccccc34)cc2)s1. The first-order valence-corrected chi connectivity index (χ1v) is 12.0. The van der Waals surface area contributed by atoms with E-state index in [1.807, 2.05) is 49.4 Å². The number of carbonyl (C=O) groups excluding carboxylic acids is 1. The number of carbonyl (C=O) groups is 1. The Bertz CT molecular complexity index is 1330. The fraction of sp³-hybridized carbons (Fsp3) is 0.136. The molecule has 0 radical (unpaired) electrons. The van der Waals surface area contributed by atoms with Gasteiger partial charge < -0.3 is 5.32 Å². The zero-order valence-electron chi connectivity index (χ0n) is 16.7. The molecule has 3 aromatic carbocycles. The second-order valence-corrected chi connectivity index (χ2v) is 9.59. The van der Waals surface area contributed by atoms with E-state index in [1.165, 1.54) is 23.5 Å². The molecule has 9 heteroatoms. The highest BCUT2D eigenvalue weighted by molar-refractivity contribution is 7.93. The van der Waals surface area contributed by atoms with Crippen LogP contribution in [0.15, 0.2) is 71.6 Å². The first-order chi connectivity index (χ1) is 14.9. The predicted octanol–water partition coefficient (Wildman–Crippen LogP) is 4.24. The van der Waals surface area contributed by atoms with Gasteiger partial charge in [-0.1, -0.05) is 60.7 Å². The van der Waals surface area contributed by atoms with Gasteiger partial charge in [-0.05, 0) is 47.0 Å². The number of aryl methyl sites for hydroxylation is 1. The van der Waals surface area contributed by atoms with Crippen LogP contribution >= 0.6 is 11.3 Å². The van der Waals surface area contributed by atoms with Crippen LogP contribution in [-0.4, -0.2) is 24.5 Å². The monoisotopic (exact) mass is 452 g/mol. The first-order valence-electron chi connectivity index (χ1n) is 9.66. The Balaban J connectivity index is 1.43. The number of anilines is 2. The third-order valence-corrected chi connectivity index (χ3v) is 7.14. The van der Waals surface area contributed by atoms with Crippen molar-refractivity contribution in [1.82, 2.24) is 10.2 Å². The summed E-state index contributed by atoms with van der Waals surface area (Å²) in [6, 6.07) is 19.8. The molecule has 0 bridgehead atoms. The lowest BCUT2D eigenvalue weighted by Gasteiger charge is -2.09. The number of nitrogens with one attached hydrogen (secondary N) is 2. The number of rotatable bonds is 7. The molecule has 31 heavy (non-hydrogen) atoms. The molecular formula is C22H20N4O3S2. The van der Waals surface area contributed by atoms with Gasteiger partial charge in [0.25, 0.3) is 10.0 Å². The van der Waals surface area contributed by atoms with E-state index in [9.17, 15) is 13.2 Å². The lowest BCUT2D eigenvalue weighted by molar-refractivity contribution is -0.115. The molecule has 4 rings (SSSR count). The van der Waals surface area contributed by atoms with Crippen LogP contribution in [0.5, 0.6) is 0 Å². The third kappa shape index (κ3) is 4.89. The lowest BCUT2D eigenvalue weighted by Crippen LogP contribution is -2.15. The summed E-state index contributed by atoms with van der Waals surface area (Å²) in [4.78, 5) is 12.6. The number of aromatic nitrogens is 2. The summed E-state index contributed by atoms with van der Waals surface area (Å²) < 4.78 is 27.5. The molecule has 1 heterocycles. The van der Waals surface area contributed by atoms with Crippen molar-refractivity contribution in [3.05, 3.63) is 77.3 Å². The summed E-state index contributed by atoms with van der Waals surface area (Å²) in [5.74, 6) is -0.175. The van der Waals surface area contributed by atoms with Crippen LogP contribution in [-0.2, 0) is 27.7 Å². The molecule has 7 nitrogen and oxygen atoms in total. The van der Waals surface area contributed by atoms with E-state index < -0.39 is 10.0 Å². The minimum atomic E-state index is -3.78. The first kappa shape index (κ1) is 21.0. The van der Waals surface area contributed by atoms with Crippen molar-refractivity contribution >= 4 is 48.9 Å². The predicted molar refractivity (Wildman–Crippen MR) is 123 cm³/mol. The van der Waals surface area contributed by atoms with Gasteiger partial charge in [0.1, 0.15) is 5.01 Å². The van der Waals surface area contributed by atoms with Crippen molar-refractivity contribution in [2.75, 3.05) is 10.0 Å². The fourth-order valence-electron chi connectivity index (χ4n) is 3.15. The molecule has 4 aromatic rings. The van der Waals surface area contributed by atoms with E-state index in [4.69, 9.17) is 0 Å². The van der Waals surface area contributed by atoms with Crippen molar-refractivity contribution in [2.45, 2.75) is 24.7 Å². The van der Waals surface area contributed by atoms with Crippen molar-refractivity contribution in [3.8, 4) is 0 Å². The van der Waals surface area contributed by atoms with E-state index in [-0.39, 0.29) is 22.4 Å². The molecule has 0 aliphatic rings. The van der Waals surface area contributed by atoms with Crippen LogP contribution < -0.4 is 10.0 Å². The highest BCUT2D eigenvalue weighted by Crippen LogP contribution is 2.22. The minimum Gasteiger partial charge on any atom is -0.326 e. The fourth-order valence-corrected chi connectivity index (χ4v) is 5.06. The molecule has 0 atom stereocenters. The van der Waals surface area contributed by atoms with Crippen molar-refractivity contribution in [2.24, 2.45) is 0 Å². The number of fused-ring (bicyclic) bond motifs is 1. The van der Waals surface area contributed by atoms with Crippen LogP contribution in [0.2, 0.25) is 0 Å². The van der Waals surface area contributed by atoms with Crippen molar-refractivity contribution < 1.29 is 13.2 Å². The normalized spacial score (nSPS) is 11.4. The maximum atomic E-state index is 12.5. The van der Waals surface area contributed by atoms with Gasteiger partial charge in [0.05, 0.1) is 11.3 Å². The largest absolute Gasteiger partial charge is 0.326 e. The van der Waals surface area contributed by atoms with Crippen molar-refractivity contribution in [1.29, 1.82) is 0 Å². The van der Waals surface area contributed by atoms with E-state index >= 15 is 0 Å². The second-order valence-electron chi connectivity index (χ2n) is 6.85. The van der Waals surface area contributed by atoms with E-state index in [0.29, 0.717) is 12.1 Å². The van der Waals surface area contributed by atoms with Gasteiger partial charge in [0.15, 0.2) is 0 Å². The maximum absolute atomic E-state index is 12.5. The summed E-state index contributed by atoms with van der Waals surface area (Å²) in [7, 11) is -3.78. The van der Waals surface area contributed by atoms with Gasteiger partial charge in [0.2, 0.25) is 11.0 Å². The van der Waals surface area contributed by atoms with E-state index in [2.05, 4.69) is 20.2 Å². The molecule has 158 valence electrons. The Morgan fingerprint density at radius 2 is 1.71 bits per heavy atom. The number of hydrogen-bond acceptors (Lipinski definition) is 6. The summed E-state index contributed by atoms with van der Waals surface area (Å²) in [6.07, 6.45) is 0.909. The van der Waals surface area contributed by atoms with Crippen molar-refractivity contribution in [3.63, 3.8) is 0 Å². The molecule has 0 saturated carbocycles. The average molecular weight is 453 g/mol. The number of benzene rings is 3. The second kappa shape index (κ2) is 8.83. The quantitative estimate of drug-likeness (QED) is 0.437. The van der Waals surface area contributed by atoms with Gasteiger partial charge in [-0.25, -0.2) is 8.42 Å². The molecular weight excluding hydrogens is 432 g/mol. The van der Waals surface area contributed by atoms with E-state index in [1.54, 1.807) is 12.1 Å². The maximum Gasteiger partial charge on any atom is 0.263 e. The summed E-state index contributed by atoms with van der Waals surface area (Å²) >= 11 is 1.20. The molecule has 0 unspecified atom stereocenters. The topological polar surface area (TPSA) is 101 Å². The molecule has 2 N–H and O–H groups in total. The Morgan fingerprint density at radius 3 is 2.45 bits per heavy atom. The summed E-state index contributed by atoms with van der Waals surface area (Å²) in [5, 5.41) is 13.7. The smallest absolute Gasteiger partial charge is 0.263 e. The lowest BCUT2D eigenvalue weighted by atomic mass is 10.0. The van der Waals surface area contributed by atoms with Gasteiger partial charge in [-0.2, -0.15) is 0 Å². The van der Waals surface area contributed by atoms with Gasteiger partial charge in [-0.3, -0.25) is 9.52 Å². The van der Waals surface area contributed by atoms with Gasteiger partial charge in [-0.15, -0.1) is 10.2 Å². The number of sulfonamides is 1. The zero-order chi connectivity index (χ0) is 21.8. The van der Waals surface area contributed by atoms with Crippen LogP contribution in [0.1, 0.15) is 17.5 Å². The van der Waals surface area contributed by atoms with Gasteiger partial charge in [0, 0.05) is 5.69 Å². The molecule has 0 aliphatic carbocycles. The Kier molecular flexibility index (Phi) is 5.97. The Morgan fingerprint density at radius 1 is 0.968 bits per heavy atom. The van der Waals surface area contributed by atoms with Crippen LogP contribution in [0, 0.1) is 0 Å². The standard InChI is InChI=1S/C22H20N4O3S2/c1-2-21-24-25-22(30-21)26-31(28,29)18-12-10-17(11-13-18)23-20(27)14-16-8-5-7-15-6-3-4-9-19(15)16/h3-13H,2,14H2,1H3,(H,23,27)(H,25,26).